The average molecular weight is 142 g/mol. The predicted octanol–water partition coefficient (Wildman–Crippen LogP) is 3.27. The molecule has 10 heavy (non-hydrogen) atoms. The van der Waals surface area contributed by atoms with Crippen LogP contribution in [-0.4, -0.2) is 5.11 Å². The Labute approximate surface area is 63.8 Å². The number of aliphatic hydroxyl groups excluding tert-OH is 1. The fraction of sp³-hybridized carbons (Fsp3) is 0.778. The summed E-state index contributed by atoms with van der Waals surface area (Å²) in [7, 11) is 0. The average Bonchev–Trinajstić information content (AvgIpc) is 1.87. The van der Waals surface area contributed by atoms with Crippen LogP contribution in [0.5, 0.6) is 0 Å². The highest BCUT2D eigenvalue weighted by Crippen LogP contribution is 2.07. The summed E-state index contributed by atoms with van der Waals surface area (Å²) in [6.45, 7) is 4.48. The molecule has 0 unspecified atom stereocenters. The molecule has 1 nitrogen and oxygen atoms in total. The smallest absolute Gasteiger partial charge is 0.0751 e. The van der Waals surface area contributed by atoms with E-state index in [1.54, 1.807) is 6.08 Å². The van der Waals surface area contributed by atoms with E-state index < -0.39 is 0 Å². The Morgan fingerprint density at radius 1 is 1.30 bits per heavy atom. The van der Waals surface area contributed by atoms with Crippen LogP contribution in [0.4, 0.5) is 0 Å². The van der Waals surface area contributed by atoms with Crippen LogP contribution in [0.3, 0.4) is 0 Å². The fourth-order valence-corrected chi connectivity index (χ4v) is 0.889. The Morgan fingerprint density at radius 3 is 2.50 bits per heavy atom. The first-order chi connectivity index (χ1) is 4.77. The second-order valence-electron chi connectivity index (χ2n) is 3.06. The van der Waals surface area contributed by atoms with E-state index in [9.17, 15) is 0 Å². The van der Waals surface area contributed by atoms with Crippen molar-refractivity contribution in [1.29, 1.82) is 0 Å². The molecule has 1 heteroatoms. The minimum atomic E-state index is 0.818. The van der Waals surface area contributed by atoms with E-state index in [0.29, 0.717) is 0 Å². The van der Waals surface area contributed by atoms with E-state index in [-0.39, 0.29) is 0 Å². The maximum absolute atomic E-state index is 8.29. The Kier molecular flexibility index (Phi) is 6.35. The zero-order valence-electron chi connectivity index (χ0n) is 7.01. The number of hydrogen-bond donors (Lipinski definition) is 1. The van der Waals surface area contributed by atoms with Crippen LogP contribution in [-0.2, 0) is 0 Å². The van der Waals surface area contributed by atoms with Crippen molar-refractivity contribution in [3.05, 3.63) is 12.3 Å². The molecule has 0 spiro atoms. The van der Waals surface area contributed by atoms with E-state index in [1.807, 2.05) is 0 Å². The number of hydrogen-bond acceptors (Lipinski definition) is 1. The third-order valence-corrected chi connectivity index (χ3v) is 1.51. The third kappa shape index (κ3) is 7.54. The van der Waals surface area contributed by atoms with Crippen molar-refractivity contribution in [2.24, 2.45) is 5.92 Å². The normalized spacial score (nSPS) is 11.5. The van der Waals surface area contributed by atoms with Gasteiger partial charge in [-0.25, -0.2) is 0 Å². The van der Waals surface area contributed by atoms with Gasteiger partial charge in [0.1, 0.15) is 0 Å². The van der Waals surface area contributed by atoms with Crippen LogP contribution >= 0.6 is 0 Å². The van der Waals surface area contributed by atoms with Gasteiger partial charge in [-0.05, 0) is 18.8 Å². The summed E-state index contributed by atoms with van der Waals surface area (Å²) >= 11 is 0. The molecule has 0 saturated carbocycles. The molecule has 0 amide bonds. The summed E-state index contributed by atoms with van der Waals surface area (Å²) < 4.78 is 0. The summed E-state index contributed by atoms with van der Waals surface area (Å²) in [6.07, 6.45) is 7.75. The second kappa shape index (κ2) is 6.66. The third-order valence-electron chi connectivity index (χ3n) is 1.51. The first-order valence-corrected chi connectivity index (χ1v) is 4.06. The summed E-state index contributed by atoms with van der Waals surface area (Å²) in [4.78, 5) is 0. The van der Waals surface area contributed by atoms with Crippen molar-refractivity contribution in [2.75, 3.05) is 0 Å². The van der Waals surface area contributed by atoms with Gasteiger partial charge >= 0.3 is 0 Å². The molecular formula is C9H18O. The van der Waals surface area contributed by atoms with E-state index in [0.717, 1.165) is 18.6 Å². The summed E-state index contributed by atoms with van der Waals surface area (Å²) in [5.41, 5.74) is 0. The number of allylic oxidation sites excluding steroid dienone is 1. The first kappa shape index (κ1) is 9.54. The molecule has 0 atom stereocenters. The van der Waals surface area contributed by atoms with Crippen molar-refractivity contribution in [3.63, 3.8) is 0 Å². The Hall–Kier alpha value is -0.460. The molecule has 60 valence electrons. The molecule has 0 aromatic carbocycles. The molecule has 0 aliphatic carbocycles. The molecule has 0 aliphatic heterocycles. The standard InChI is InChI=1S/C9H18O/c1-9(2)7-5-3-4-6-8-10/h6,8-10H,3-5,7H2,1-2H3/b8-6+. The number of aliphatic hydroxyl groups is 1. The van der Waals surface area contributed by atoms with Crippen LogP contribution in [0.25, 0.3) is 0 Å². The van der Waals surface area contributed by atoms with Gasteiger partial charge in [0.25, 0.3) is 0 Å². The first-order valence-electron chi connectivity index (χ1n) is 4.06. The summed E-state index contributed by atoms with van der Waals surface area (Å²) in [5.74, 6) is 0.818. The van der Waals surface area contributed by atoms with Gasteiger partial charge in [-0.2, -0.15) is 0 Å². The van der Waals surface area contributed by atoms with Crippen LogP contribution in [0, 0.1) is 5.92 Å². The number of unbranched alkanes of at least 4 members (excludes halogenated alkanes) is 2. The molecule has 0 saturated heterocycles. The molecule has 1 N–H and O–H groups in total. The number of rotatable bonds is 5. The van der Waals surface area contributed by atoms with Gasteiger partial charge in [0.15, 0.2) is 0 Å². The molecule has 0 aliphatic rings. The summed E-state index contributed by atoms with van der Waals surface area (Å²) in [5, 5.41) is 8.29. The van der Waals surface area contributed by atoms with Crippen molar-refractivity contribution in [1.82, 2.24) is 0 Å². The highest BCUT2D eigenvalue weighted by Gasteiger charge is 1.91. The lowest BCUT2D eigenvalue weighted by atomic mass is 10.1. The van der Waals surface area contributed by atoms with Crippen molar-refractivity contribution < 1.29 is 5.11 Å². The molecule has 0 bridgehead atoms. The zero-order chi connectivity index (χ0) is 7.82. The van der Waals surface area contributed by atoms with Crippen molar-refractivity contribution in [2.45, 2.75) is 39.5 Å². The maximum atomic E-state index is 8.29. The molecule has 0 radical (unpaired) electrons. The topological polar surface area (TPSA) is 20.2 Å². The maximum Gasteiger partial charge on any atom is 0.0751 e. The van der Waals surface area contributed by atoms with E-state index in [1.165, 1.54) is 19.3 Å². The molecule has 0 heterocycles. The highest BCUT2D eigenvalue weighted by molar-refractivity contribution is 4.70. The van der Waals surface area contributed by atoms with Crippen LogP contribution in [0.15, 0.2) is 12.3 Å². The van der Waals surface area contributed by atoms with Gasteiger partial charge < -0.3 is 5.11 Å². The lowest BCUT2D eigenvalue weighted by molar-refractivity contribution is 0.468. The fourth-order valence-electron chi connectivity index (χ4n) is 0.889. The minimum absolute atomic E-state index is 0.818. The van der Waals surface area contributed by atoms with Crippen LogP contribution in [0.2, 0.25) is 0 Å². The predicted molar refractivity (Wildman–Crippen MR) is 45.1 cm³/mol. The lowest BCUT2D eigenvalue weighted by Crippen LogP contribution is -1.85. The largest absolute Gasteiger partial charge is 0.516 e. The van der Waals surface area contributed by atoms with Gasteiger partial charge in [-0.15, -0.1) is 0 Å². The molecule has 0 fully saturated rings. The highest BCUT2D eigenvalue weighted by atomic mass is 16.2. The quantitative estimate of drug-likeness (QED) is 0.461. The van der Waals surface area contributed by atoms with Crippen molar-refractivity contribution in [3.8, 4) is 0 Å². The zero-order valence-corrected chi connectivity index (χ0v) is 7.01. The SMILES string of the molecule is CC(C)CCCC/C=C/O. The monoisotopic (exact) mass is 142 g/mol. The second-order valence-corrected chi connectivity index (χ2v) is 3.06. The Balaban J connectivity index is 2.91. The van der Waals surface area contributed by atoms with Crippen LogP contribution in [0.1, 0.15) is 39.5 Å². The molecule has 0 aromatic rings. The van der Waals surface area contributed by atoms with Gasteiger partial charge in [-0.3, -0.25) is 0 Å². The van der Waals surface area contributed by atoms with Crippen molar-refractivity contribution >= 4 is 0 Å². The minimum Gasteiger partial charge on any atom is -0.516 e. The molecule has 0 rings (SSSR count). The van der Waals surface area contributed by atoms with E-state index in [2.05, 4.69) is 13.8 Å². The summed E-state index contributed by atoms with van der Waals surface area (Å²) in [6, 6.07) is 0. The van der Waals surface area contributed by atoms with Gasteiger partial charge in [0, 0.05) is 0 Å². The lowest BCUT2D eigenvalue weighted by Gasteiger charge is -2.01. The van der Waals surface area contributed by atoms with Gasteiger partial charge in [0.2, 0.25) is 0 Å². The van der Waals surface area contributed by atoms with E-state index >= 15 is 0 Å². The van der Waals surface area contributed by atoms with Gasteiger partial charge in [0.05, 0.1) is 6.26 Å². The Bertz CT molecular complexity index is 84.7. The molecular weight excluding hydrogens is 124 g/mol. The molecule has 0 aromatic heterocycles. The van der Waals surface area contributed by atoms with E-state index in [4.69, 9.17) is 5.11 Å². The van der Waals surface area contributed by atoms with Gasteiger partial charge in [-0.1, -0.05) is 32.8 Å². The Morgan fingerprint density at radius 2 is 2.00 bits per heavy atom. The van der Waals surface area contributed by atoms with Crippen LogP contribution < -0.4 is 0 Å².